The van der Waals surface area contributed by atoms with Crippen LogP contribution in [0.25, 0.3) is 0 Å². The van der Waals surface area contributed by atoms with Crippen molar-refractivity contribution in [3.05, 3.63) is 0 Å². The quantitative estimate of drug-likeness (QED) is 0.695. The molecule has 1 aliphatic heterocycles. The molecular weight excluding hydrogens is 240 g/mol. The molecule has 15 heavy (non-hydrogen) atoms. The molecule has 1 aliphatic rings. The Morgan fingerprint density at radius 2 is 2.20 bits per heavy atom. The van der Waals surface area contributed by atoms with E-state index in [2.05, 4.69) is 6.92 Å². The zero-order valence-corrected chi connectivity index (χ0v) is 10.6. The van der Waals surface area contributed by atoms with Crippen LogP contribution < -0.4 is 0 Å². The molecule has 1 saturated heterocycles. The topological polar surface area (TPSA) is 52.6 Å². The van der Waals surface area contributed by atoms with Gasteiger partial charge >= 0.3 is 0 Å². The maximum Gasteiger partial charge on any atom is 0.232 e. The Morgan fingerprint density at radius 3 is 2.67 bits per heavy atom. The zero-order chi connectivity index (χ0) is 11.5. The van der Waals surface area contributed by atoms with Crippen LogP contribution in [-0.2, 0) is 18.5 Å². The number of hydrogen-bond acceptors (Lipinski definition) is 4. The Bertz CT molecular complexity index is 290. The third kappa shape index (κ3) is 5.15. The van der Waals surface area contributed by atoms with Crippen molar-refractivity contribution >= 4 is 19.7 Å². The molecule has 1 fully saturated rings. The van der Waals surface area contributed by atoms with Gasteiger partial charge in [-0.2, -0.15) is 0 Å². The molecule has 0 spiro atoms. The number of halogens is 1. The molecule has 0 radical (unpaired) electrons. The molecule has 3 unspecified atom stereocenters. The summed E-state index contributed by atoms with van der Waals surface area (Å²) >= 11 is 0. The fourth-order valence-corrected chi connectivity index (χ4v) is 2.95. The Kier molecular flexibility index (Phi) is 4.83. The Hall–Kier alpha value is 0.160. The highest BCUT2D eigenvalue weighted by molar-refractivity contribution is 8.13. The van der Waals surface area contributed by atoms with Crippen molar-refractivity contribution in [1.82, 2.24) is 0 Å². The van der Waals surface area contributed by atoms with Gasteiger partial charge in [-0.15, -0.1) is 0 Å². The molecule has 0 saturated carbocycles. The normalized spacial score (nSPS) is 29.3. The summed E-state index contributed by atoms with van der Waals surface area (Å²) in [6, 6.07) is 0. The van der Waals surface area contributed by atoms with Gasteiger partial charge in [0.15, 0.2) is 0 Å². The summed E-state index contributed by atoms with van der Waals surface area (Å²) in [6.07, 6.45) is 0.0884. The molecule has 0 aromatic rings. The van der Waals surface area contributed by atoms with E-state index in [1.54, 1.807) is 6.92 Å². The van der Waals surface area contributed by atoms with Crippen LogP contribution >= 0.6 is 10.7 Å². The average molecular weight is 257 g/mol. The molecule has 1 rings (SSSR count). The van der Waals surface area contributed by atoms with Crippen molar-refractivity contribution in [2.24, 2.45) is 11.8 Å². The molecule has 1 heterocycles. The Balaban J connectivity index is 2.25. The van der Waals surface area contributed by atoms with Gasteiger partial charge in [-0.1, -0.05) is 13.8 Å². The summed E-state index contributed by atoms with van der Waals surface area (Å²) in [5, 5.41) is 0. The first-order valence-electron chi connectivity index (χ1n) is 5.00. The summed E-state index contributed by atoms with van der Waals surface area (Å²) in [5.41, 5.74) is 0. The molecule has 0 aromatic heterocycles. The molecule has 0 aromatic carbocycles. The van der Waals surface area contributed by atoms with E-state index in [-0.39, 0.29) is 17.8 Å². The average Bonchev–Trinajstić information content (AvgIpc) is 2.44. The fourth-order valence-electron chi connectivity index (χ4n) is 1.53. The smallest absolute Gasteiger partial charge is 0.232 e. The fraction of sp³-hybridized carbons (Fsp3) is 1.00. The maximum absolute atomic E-state index is 10.8. The van der Waals surface area contributed by atoms with E-state index in [0.717, 1.165) is 0 Å². The van der Waals surface area contributed by atoms with Crippen LogP contribution in [0.15, 0.2) is 0 Å². The van der Waals surface area contributed by atoms with Crippen LogP contribution in [0, 0.1) is 11.8 Å². The lowest BCUT2D eigenvalue weighted by Crippen LogP contribution is -2.24. The number of hydrogen-bond donors (Lipinski definition) is 0. The first-order valence-corrected chi connectivity index (χ1v) is 7.48. The van der Waals surface area contributed by atoms with Gasteiger partial charge in [-0.3, -0.25) is 0 Å². The minimum Gasteiger partial charge on any atom is -0.378 e. The third-order valence-electron chi connectivity index (χ3n) is 2.38. The van der Waals surface area contributed by atoms with Gasteiger partial charge in [0, 0.05) is 16.6 Å². The molecular formula is C9H17ClO4S. The van der Waals surface area contributed by atoms with E-state index in [4.69, 9.17) is 20.2 Å². The van der Waals surface area contributed by atoms with E-state index >= 15 is 0 Å². The largest absolute Gasteiger partial charge is 0.378 e. The van der Waals surface area contributed by atoms with Crippen LogP contribution in [0.5, 0.6) is 0 Å². The zero-order valence-electron chi connectivity index (χ0n) is 8.98. The van der Waals surface area contributed by atoms with Crippen LogP contribution in [0.1, 0.15) is 13.8 Å². The van der Waals surface area contributed by atoms with Crippen LogP contribution in [0.4, 0.5) is 0 Å². The van der Waals surface area contributed by atoms with Gasteiger partial charge in [-0.25, -0.2) is 8.42 Å². The second kappa shape index (κ2) is 5.48. The van der Waals surface area contributed by atoms with Crippen LogP contribution in [0.3, 0.4) is 0 Å². The highest BCUT2D eigenvalue weighted by Gasteiger charge is 2.25. The molecule has 0 aliphatic carbocycles. The number of rotatable bonds is 5. The molecule has 0 bridgehead atoms. The summed E-state index contributed by atoms with van der Waals surface area (Å²) in [5.74, 6) is 0.251. The highest BCUT2D eigenvalue weighted by Crippen LogP contribution is 2.17. The second-order valence-corrected chi connectivity index (χ2v) is 7.02. The second-order valence-electron chi connectivity index (χ2n) is 4.20. The SMILES string of the molecule is CC(COC1COCC1C)CS(=O)(=O)Cl. The molecule has 0 amide bonds. The minimum absolute atomic E-state index is 0.0451. The Labute approximate surface area is 95.3 Å². The van der Waals surface area contributed by atoms with E-state index in [1.165, 1.54) is 0 Å². The van der Waals surface area contributed by atoms with E-state index in [0.29, 0.717) is 25.7 Å². The van der Waals surface area contributed by atoms with Gasteiger partial charge in [0.2, 0.25) is 9.05 Å². The minimum atomic E-state index is -3.42. The molecule has 6 heteroatoms. The predicted molar refractivity (Wildman–Crippen MR) is 58.5 cm³/mol. The lowest BCUT2D eigenvalue weighted by Gasteiger charge is -2.17. The van der Waals surface area contributed by atoms with Crippen molar-refractivity contribution in [1.29, 1.82) is 0 Å². The van der Waals surface area contributed by atoms with Crippen molar-refractivity contribution in [2.75, 3.05) is 25.6 Å². The number of ether oxygens (including phenoxy) is 2. The van der Waals surface area contributed by atoms with Gasteiger partial charge in [0.25, 0.3) is 0 Å². The third-order valence-corrected chi connectivity index (χ3v) is 3.72. The van der Waals surface area contributed by atoms with E-state index in [9.17, 15) is 8.42 Å². The van der Waals surface area contributed by atoms with Gasteiger partial charge < -0.3 is 9.47 Å². The monoisotopic (exact) mass is 256 g/mol. The summed E-state index contributed by atoms with van der Waals surface area (Å²) in [7, 11) is 1.72. The summed E-state index contributed by atoms with van der Waals surface area (Å²) < 4.78 is 32.4. The first-order chi connectivity index (χ1) is 6.88. The van der Waals surface area contributed by atoms with Gasteiger partial charge in [0.1, 0.15) is 0 Å². The predicted octanol–water partition coefficient (Wildman–Crippen LogP) is 1.24. The highest BCUT2D eigenvalue weighted by atomic mass is 35.7. The first kappa shape index (κ1) is 13.2. The molecule has 3 atom stereocenters. The molecule has 4 nitrogen and oxygen atoms in total. The van der Waals surface area contributed by atoms with E-state index in [1.807, 2.05) is 0 Å². The molecule has 0 N–H and O–H groups in total. The van der Waals surface area contributed by atoms with Gasteiger partial charge in [-0.05, 0) is 5.92 Å². The van der Waals surface area contributed by atoms with Gasteiger partial charge in [0.05, 0.1) is 31.7 Å². The van der Waals surface area contributed by atoms with Crippen molar-refractivity contribution in [3.63, 3.8) is 0 Å². The summed E-state index contributed by atoms with van der Waals surface area (Å²) in [6.45, 7) is 5.58. The Morgan fingerprint density at radius 1 is 1.53 bits per heavy atom. The lowest BCUT2D eigenvalue weighted by molar-refractivity contribution is 0.0150. The van der Waals surface area contributed by atoms with Crippen LogP contribution in [0.2, 0.25) is 0 Å². The standard InChI is InChI=1S/C9H17ClO4S/c1-7(6-15(10,11)12)3-14-9-5-13-4-8(9)2/h7-9H,3-6H2,1-2H3. The van der Waals surface area contributed by atoms with E-state index < -0.39 is 9.05 Å². The van der Waals surface area contributed by atoms with Crippen molar-refractivity contribution in [2.45, 2.75) is 20.0 Å². The maximum atomic E-state index is 10.8. The summed E-state index contributed by atoms with van der Waals surface area (Å²) in [4.78, 5) is 0. The lowest BCUT2D eigenvalue weighted by atomic mass is 10.1. The molecule has 90 valence electrons. The van der Waals surface area contributed by atoms with Crippen molar-refractivity contribution < 1.29 is 17.9 Å². The van der Waals surface area contributed by atoms with Crippen molar-refractivity contribution in [3.8, 4) is 0 Å². The van der Waals surface area contributed by atoms with Crippen LogP contribution in [-0.4, -0.2) is 40.1 Å².